The maximum Gasteiger partial charge on any atom is 0.347 e. The lowest BCUT2D eigenvalue weighted by Gasteiger charge is -2.19. The minimum atomic E-state index is -3.97. The molecule has 2 aromatic rings. The number of nitrogens with zero attached hydrogens (tertiary/aromatic N) is 1. The zero-order valence-corrected chi connectivity index (χ0v) is 12.9. The van der Waals surface area contributed by atoms with Crippen molar-refractivity contribution in [3.05, 3.63) is 29.1 Å². The summed E-state index contributed by atoms with van der Waals surface area (Å²) in [6.07, 6.45) is 0. The molecule has 0 unspecified atom stereocenters. The van der Waals surface area contributed by atoms with E-state index in [9.17, 15) is 18.3 Å². The van der Waals surface area contributed by atoms with Crippen LogP contribution in [-0.4, -0.2) is 48.6 Å². The number of fused-ring (bicyclic) bond motifs is 1. The quantitative estimate of drug-likeness (QED) is 0.839. The molecule has 0 spiro atoms. The summed E-state index contributed by atoms with van der Waals surface area (Å²) in [5, 5.41) is 18.7. The largest absolute Gasteiger partial charge is 0.477 e. The number of benzene rings is 1. The molecule has 0 aliphatic rings. The molecular weight excluding hydrogens is 314 g/mol. The first-order valence-corrected chi connectivity index (χ1v) is 8.55. The minimum Gasteiger partial charge on any atom is -0.477 e. The van der Waals surface area contributed by atoms with E-state index < -0.39 is 16.0 Å². The van der Waals surface area contributed by atoms with Crippen LogP contribution in [0.4, 0.5) is 0 Å². The maximum atomic E-state index is 12.7. The third-order valence-electron chi connectivity index (χ3n) is 3.04. The van der Waals surface area contributed by atoms with Crippen molar-refractivity contribution < 1.29 is 23.4 Å². The molecule has 0 aliphatic carbocycles. The Balaban J connectivity index is 2.74. The van der Waals surface area contributed by atoms with Gasteiger partial charge in [-0.3, -0.25) is 0 Å². The van der Waals surface area contributed by atoms with Gasteiger partial charge in [-0.2, -0.15) is 4.31 Å². The summed E-state index contributed by atoms with van der Waals surface area (Å²) in [6.45, 7) is 1.41. The number of carbonyl (C=O) groups is 1. The number of likely N-dealkylation sites (N-methyl/N-ethyl adjacent to an activating group) is 1. The van der Waals surface area contributed by atoms with Crippen molar-refractivity contribution in [3.63, 3.8) is 0 Å². The van der Waals surface area contributed by atoms with Crippen LogP contribution in [0.2, 0.25) is 0 Å². The minimum absolute atomic E-state index is 0.0674. The van der Waals surface area contributed by atoms with Gasteiger partial charge in [-0.05, 0) is 6.07 Å². The molecule has 1 aromatic heterocycles. The Morgan fingerprint density at radius 3 is 2.57 bits per heavy atom. The number of aromatic carboxylic acids is 1. The number of aliphatic hydroxyl groups is 1. The molecule has 21 heavy (non-hydrogen) atoms. The van der Waals surface area contributed by atoms with Gasteiger partial charge in [0.1, 0.15) is 9.77 Å². The topological polar surface area (TPSA) is 94.9 Å². The van der Waals surface area contributed by atoms with Crippen molar-refractivity contribution in [2.45, 2.75) is 11.8 Å². The van der Waals surface area contributed by atoms with Crippen LogP contribution in [0.25, 0.3) is 10.1 Å². The molecule has 0 atom stereocenters. The Morgan fingerprint density at radius 2 is 2.00 bits per heavy atom. The number of thiophene rings is 1. The summed E-state index contributed by atoms with van der Waals surface area (Å²) in [5.74, 6) is -1.27. The van der Waals surface area contributed by atoms with E-state index >= 15 is 0 Å². The Hall–Kier alpha value is -1.48. The second-order valence-corrected chi connectivity index (χ2v) is 7.21. The van der Waals surface area contributed by atoms with E-state index in [0.29, 0.717) is 10.1 Å². The molecule has 2 N–H and O–H groups in total. The van der Waals surface area contributed by atoms with E-state index in [1.54, 1.807) is 31.2 Å². The van der Waals surface area contributed by atoms with Crippen molar-refractivity contribution in [2.75, 3.05) is 19.7 Å². The molecule has 0 aliphatic heterocycles. The molecule has 0 saturated carbocycles. The molecule has 0 fully saturated rings. The first-order chi connectivity index (χ1) is 9.93. The van der Waals surface area contributed by atoms with Crippen LogP contribution in [0.3, 0.4) is 0 Å². The Bertz CT molecular complexity index is 766. The number of aliphatic hydroxyl groups excluding tert-OH is 1. The van der Waals surface area contributed by atoms with Crippen LogP contribution in [0.1, 0.15) is 16.6 Å². The molecule has 0 bridgehead atoms. The summed E-state index contributed by atoms with van der Waals surface area (Å²) in [5.41, 5.74) is 0. The zero-order valence-electron chi connectivity index (χ0n) is 11.3. The molecule has 0 saturated heterocycles. The molecular formula is C13H15NO5S2. The number of carboxylic acids is 1. The van der Waals surface area contributed by atoms with Gasteiger partial charge in [0, 0.05) is 23.2 Å². The average molecular weight is 329 g/mol. The molecule has 1 heterocycles. The number of hydrogen-bond donors (Lipinski definition) is 2. The Morgan fingerprint density at radius 1 is 1.33 bits per heavy atom. The lowest BCUT2D eigenvalue weighted by Crippen LogP contribution is -2.34. The monoisotopic (exact) mass is 329 g/mol. The summed E-state index contributed by atoms with van der Waals surface area (Å²) < 4.78 is 27.1. The van der Waals surface area contributed by atoms with E-state index in [-0.39, 0.29) is 29.5 Å². The SMILES string of the molecule is CCN(CCO)S(=O)(=O)c1c(C(=O)O)sc2ccccc12. The molecule has 2 rings (SSSR count). The van der Waals surface area contributed by atoms with E-state index in [0.717, 1.165) is 15.6 Å². The standard InChI is InChI=1S/C13H15NO5S2/c1-2-14(7-8-15)21(18,19)12-9-5-3-4-6-10(9)20-11(12)13(16)17/h3-6,15H,2,7-8H2,1H3,(H,16,17). The molecule has 0 amide bonds. The molecule has 0 radical (unpaired) electrons. The van der Waals surface area contributed by atoms with Gasteiger partial charge in [0.25, 0.3) is 0 Å². The smallest absolute Gasteiger partial charge is 0.347 e. The highest BCUT2D eigenvalue weighted by molar-refractivity contribution is 7.89. The summed E-state index contributed by atoms with van der Waals surface area (Å²) in [6, 6.07) is 6.68. The zero-order chi connectivity index (χ0) is 15.6. The van der Waals surface area contributed by atoms with Crippen molar-refractivity contribution in [2.24, 2.45) is 0 Å². The Kier molecular flexibility index (Phi) is 4.62. The first kappa shape index (κ1) is 15.9. The van der Waals surface area contributed by atoms with Crippen LogP contribution in [0.5, 0.6) is 0 Å². The molecule has 8 heteroatoms. The predicted octanol–water partition coefficient (Wildman–Crippen LogP) is 1.60. The molecule has 1 aromatic carbocycles. The van der Waals surface area contributed by atoms with E-state index in [1.165, 1.54) is 0 Å². The predicted molar refractivity (Wildman–Crippen MR) is 80.3 cm³/mol. The number of carboxylic acid groups (broad SMARTS) is 1. The molecule has 114 valence electrons. The van der Waals surface area contributed by atoms with Crippen LogP contribution in [0, 0.1) is 0 Å². The maximum absolute atomic E-state index is 12.7. The lowest BCUT2D eigenvalue weighted by molar-refractivity contribution is 0.0698. The number of sulfonamides is 1. The second kappa shape index (κ2) is 6.10. The normalized spacial score (nSPS) is 12.1. The highest BCUT2D eigenvalue weighted by atomic mass is 32.2. The average Bonchev–Trinajstić information content (AvgIpc) is 2.84. The Labute approximate surface area is 126 Å². The fourth-order valence-corrected chi connectivity index (χ4v) is 5.25. The van der Waals surface area contributed by atoms with Crippen LogP contribution in [0.15, 0.2) is 29.2 Å². The van der Waals surface area contributed by atoms with Gasteiger partial charge in [-0.1, -0.05) is 25.1 Å². The van der Waals surface area contributed by atoms with Crippen molar-refractivity contribution in [1.82, 2.24) is 4.31 Å². The first-order valence-electron chi connectivity index (χ1n) is 6.29. The van der Waals surface area contributed by atoms with Gasteiger partial charge >= 0.3 is 5.97 Å². The lowest BCUT2D eigenvalue weighted by atomic mass is 10.2. The van der Waals surface area contributed by atoms with Gasteiger partial charge < -0.3 is 10.2 Å². The summed E-state index contributed by atoms with van der Waals surface area (Å²) in [7, 11) is -3.97. The van der Waals surface area contributed by atoms with Crippen LogP contribution >= 0.6 is 11.3 Å². The summed E-state index contributed by atoms with van der Waals surface area (Å²) >= 11 is 0.937. The van der Waals surface area contributed by atoms with Gasteiger partial charge in [-0.15, -0.1) is 11.3 Å². The molecule has 6 nitrogen and oxygen atoms in total. The van der Waals surface area contributed by atoms with Crippen molar-refractivity contribution in [1.29, 1.82) is 0 Å². The third kappa shape index (κ3) is 2.80. The summed E-state index contributed by atoms with van der Waals surface area (Å²) in [4.78, 5) is 11.0. The van der Waals surface area contributed by atoms with Crippen LogP contribution < -0.4 is 0 Å². The highest BCUT2D eigenvalue weighted by Crippen LogP contribution is 2.36. The fourth-order valence-electron chi connectivity index (χ4n) is 2.11. The van der Waals surface area contributed by atoms with Gasteiger partial charge in [0.15, 0.2) is 0 Å². The highest BCUT2D eigenvalue weighted by Gasteiger charge is 2.32. The van der Waals surface area contributed by atoms with Crippen molar-refractivity contribution >= 4 is 37.4 Å². The second-order valence-electron chi connectivity index (χ2n) is 4.28. The van der Waals surface area contributed by atoms with Gasteiger partial charge in [0.2, 0.25) is 10.0 Å². The third-order valence-corrected chi connectivity index (χ3v) is 6.39. The van der Waals surface area contributed by atoms with Crippen molar-refractivity contribution in [3.8, 4) is 0 Å². The van der Waals surface area contributed by atoms with Gasteiger partial charge in [-0.25, -0.2) is 13.2 Å². The fraction of sp³-hybridized carbons (Fsp3) is 0.308. The van der Waals surface area contributed by atoms with E-state index in [4.69, 9.17) is 5.11 Å². The van der Waals surface area contributed by atoms with Crippen LogP contribution in [-0.2, 0) is 10.0 Å². The van der Waals surface area contributed by atoms with E-state index in [1.807, 2.05) is 0 Å². The van der Waals surface area contributed by atoms with Gasteiger partial charge in [0.05, 0.1) is 6.61 Å². The number of rotatable bonds is 6. The number of hydrogen-bond acceptors (Lipinski definition) is 5. The van der Waals surface area contributed by atoms with E-state index in [2.05, 4.69) is 0 Å².